The lowest BCUT2D eigenvalue weighted by Crippen LogP contribution is -2.48. The molecule has 0 unspecified atom stereocenters. The van der Waals surface area contributed by atoms with E-state index >= 15 is 0 Å². The molecule has 1 amide bonds. The van der Waals surface area contributed by atoms with Crippen molar-refractivity contribution in [2.45, 2.75) is 39.2 Å². The Bertz CT molecular complexity index is 354. The third kappa shape index (κ3) is 7.99. The first-order valence-corrected chi connectivity index (χ1v) is 9.06. The first kappa shape index (κ1) is 18.5. The van der Waals surface area contributed by atoms with E-state index in [-0.39, 0.29) is 11.7 Å². The minimum atomic E-state index is -0.387. The summed E-state index contributed by atoms with van der Waals surface area (Å²) >= 11 is 0. The van der Waals surface area contributed by atoms with Gasteiger partial charge in [-0.1, -0.05) is 0 Å². The van der Waals surface area contributed by atoms with E-state index in [1.54, 1.807) is 4.90 Å². The van der Waals surface area contributed by atoms with Crippen LogP contribution in [-0.4, -0.2) is 80.4 Å². The van der Waals surface area contributed by atoms with Crippen LogP contribution in [0.4, 0.5) is 4.79 Å². The number of carbonyl (C=O) groups is 1. The second-order valence-corrected chi connectivity index (χ2v) is 7.71. The van der Waals surface area contributed by atoms with Crippen molar-refractivity contribution in [3.63, 3.8) is 0 Å². The van der Waals surface area contributed by atoms with Gasteiger partial charge >= 0.3 is 6.09 Å². The number of hydrogen-bond donors (Lipinski definition) is 2. The summed E-state index contributed by atoms with van der Waals surface area (Å²) in [5.41, 5.74) is -0.387. The van der Waals surface area contributed by atoms with Crippen LogP contribution in [0.1, 0.15) is 33.6 Å². The van der Waals surface area contributed by atoms with Gasteiger partial charge in [0.1, 0.15) is 5.60 Å². The summed E-state index contributed by atoms with van der Waals surface area (Å²) in [5.74, 6) is 1.07. The SMILES string of the molecule is C1CN(CC2CC2)CCN1.CC(C)(C)OC(=O)N1CCNCC1. The molecule has 2 saturated heterocycles. The first-order chi connectivity index (χ1) is 10.9. The third-order valence-electron chi connectivity index (χ3n) is 4.19. The van der Waals surface area contributed by atoms with Crippen LogP contribution in [0, 0.1) is 5.92 Å². The average Bonchev–Trinajstić information content (AvgIpc) is 3.32. The van der Waals surface area contributed by atoms with Gasteiger partial charge in [-0.3, -0.25) is 0 Å². The maximum atomic E-state index is 11.5. The zero-order chi connectivity index (χ0) is 16.7. The molecule has 0 atom stereocenters. The molecule has 1 aliphatic carbocycles. The first-order valence-electron chi connectivity index (χ1n) is 9.06. The minimum absolute atomic E-state index is 0.200. The number of rotatable bonds is 2. The van der Waals surface area contributed by atoms with Gasteiger partial charge in [0.2, 0.25) is 0 Å². The van der Waals surface area contributed by atoms with Crippen LogP contribution >= 0.6 is 0 Å². The van der Waals surface area contributed by atoms with Gasteiger partial charge < -0.3 is 25.2 Å². The number of amides is 1. The number of carbonyl (C=O) groups excluding carboxylic acids is 1. The molecule has 3 aliphatic rings. The molecule has 1 saturated carbocycles. The van der Waals surface area contributed by atoms with Crippen molar-refractivity contribution in [1.82, 2.24) is 20.4 Å². The Balaban J connectivity index is 0.000000172. The summed E-state index contributed by atoms with van der Waals surface area (Å²) in [4.78, 5) is 15.8. The molecule has 23 heavy (non-hydrogen) atoms. The Hall–Kier alpha value is -0.850. The van der Waals surface area contributed by atoms with E-state index in [1.807, 2.05) is 20.8 Å². The third-order valence-corrected chi connectivity index (χ3v) is 4.19. The number of hydrogen-bond acceptors (Lipinski definition) is 5. The normalized spacial score (nSPS) is 23.0. The van der Waals surface area contributed by atoms with Crippen molar-refractivity contribution < 1.29 is 9.53 Å². The quantitative estimate of drug-likeness (QED) is 0.797. The smallest absolute Gasteiger partial charge is 0.410 e. The van der Waals surface area contributed by atoms with Gasteiger partial charge in [0.25, 0.3) is 0 Å². The summed E-state index contributed by atoms with van der Waals surface area (Å²) in [6.07, 6.45) is 2.78. The molecule has 3 fully saturated rings. The van der Waals surface area contributed by atoms with Gasteiger partial charge in [-0.25, -0.2) is 4.79 Å². The topological polar surface area (TPSA) is 56.8 Å². The molecule has 6 heteroatoms. The van der Waals surface area contributed by atoms with Gasteiger partial charge in [-0.05, 0) is 39.5 Å². The molecule has 3 rings (SSSR count). The van der Waals surface area contributed by atoms with Gasteiger partial charge in [0, 0.05) is 58.9 Å². The van der Waals surface area contributed by atoms with Gasteiger partial charge in [0.05, 0.1) is 0 Å². The van der Waals surface area contributed by atoms with Crippen LogP contribution in [0.3, 0.4) is 0 Å². The predicted molar refractivity (Wildman–Crippen MR) is 92.7 cm³/mol. The maximum absolute atomic E-state index is 11.5. The van der Waals surface area contributed by atoms with Crippen molar-refractivity contribution in [2.75, 3.05) is 58.9 Å². The summed E-state index contributed by atoms with van der Waals surface area (Å²) in [6.45, 7) is 15.2. The van der Waals surface area contributed by atoms with Crippen LogP contribution in [-0.2, 0) is 4.74 Å². The second-order valence-electron chi connectivity index (χ2n) is 7.71. The largest absolute Gasteiger partial charge is 0.444 e. The molecule has 0 aromatic carbocycles. The molecule has 2 heterocycles. The lowest BCUT2D eigenvalue weighted by molar-refractivity contribution is 0.0229. The second kappa shape index (κ2) is 8.85. The Morgan fingerprint density at radius 2 is 1.52 bits per heavy atom. The highest BCUT2D eigenvalue weighted by molar-refractivity contribution is 5.68. The number of nitrogens with zero attached hydrogens (tertiary/aromatic N) is 2. The zero-order valence-electron chi connectivity index (χ0n) is 15.1. The van der Waals surface area contributed by atoms with Crippen LogP contribution in [0.5, 0.6) is 0 Å². The Labute approximate surface area is 140 Å². The van der Waals surface area contributed by atoms with E-state index in [4.69, 9.17) is 4.74 Å². The number of ether oxygens (including phenoxy) is 1. The van der Waals surface area contributed by atoms with E-state index in [0.29, 0.717) is 0 Å². The van der Waals surface area contributed by atoms with E-state index in [2.05, 4.69) is 15.5 Å². The molecule has 2 aliphatic heterocycles. The van der Waals surface area contributed by atoms with E-state index in [0.717, 1.165) is 32.1 Å². The highest BCUT2D eigenvalue weighted by Crippen LogP contribution is 2.29. The highest BCUT2D eigenvalue weighted by atomic mass is 16.6. The summed E-state index contributed by atoms with van der Waals surface area (Å²) < 4.78 is 5.24. The van der Waals surface area contributed by atoms with Crippen LogP contribution in [0.15, 0.2) is 0 Å². The summed E-state index contributed by atoms with van der Waals surface area (Å²) in [5, 5.41) is 6.55. The van der Waals surface area contributed by atoms with Crippen molar-refractivity contribution >= 4 is 6.09 Å². The molecule has 0 aromatic heterocycles. The molecular weight excluding hydrogens is 292 g/mol. The van der Waals surface area contributed by atoms with Crippen molar-refractivity contribution in [3.8, 4) is 0 Å². The fourth-order valence-electron chi connectivity index (χ4n) is 2.73. The fourth-order valence-corrected chi connectivity index (χ4v) is 2.73. The summed E-state index contributed by atoms with van der Waals surface area (Å²) in [6, 6.07) is 0. The lowest BCUT2D eigenvalue weighted by atomic mass is 10.2. The monoisotopic (exact) mass is 326 g/mol. The van der Waals surface area contributed by atoms with Gasteiger partial charge in [0.15, 0.2) is 0 Å². The number of nitrogens with one attached hydrogen (secondary N) is 2. The Morgan fingerprint density at radius 1 is 1.00 bits per heavy atom. The Kier molecular flexibility index (Phi) is 7.11. The van der Waals surface area contributed by atoms with E-state index in [9.17, 15) is 4.79 Å². The molecule has 0 radical (unpaired) electrons. The van der Waals surface area contributed by atoms with Gasteiger partial charge in [-0.2, -0.15) is 0 Å². The minimum Gasteiger partial charge on any atom is -0.444 e. The predicted octanol–water partition coefficient (Wildman–Crippen LogP) is 1.13. The van der Waals surface area contributed by atoms with E-state index in [1.165, 1.54) is 45.6 Å². The molecule has 6 nitrogen and oxygen atoms in total. The lowest BCUT2D eigenvalue weighted by Gasteiger charge is -2.30. The van der Waals surface area contributed by atoms with Crippen molar-refractivity contribution in [3.05, 3.63) is 0 Å². The zero-order valence-corrected chi connectivity index (χ0v) is 15.1. The maximum Gasteiger partial charge on any atom is 0.410 e. The molecule has 0 aromatic rings. The summed E-state index contributed by atoms with van der Waals surface area (Å²) in [7, 11) is 0. The number of piperazine rings is 2. The molecule has 0 bridgehead atoms. The average molecular weight is 326 g/mol. The van der Waals surface area contributed by atoms with E-state index < -0.39 is 0 Å². The van der Waals surface area contributed by atoms with Gasteiger partial charge in [-0.15, -0.1) is 0 Å². The van der Waals surface area contributed by atoms with Crippen molar-refractivity contribution in [2.24, 2.45) is 5.92 Å². The van der Waals surface area contributed by atoms with Crippen LogP contribution < -0.4 is 10.6 Å². The van der Waals surface area contributed by atoms with Crippen molar-refractivity contribution in [1.29, 1.82) is 0 Å². The molecular formula is C17H34N4O2. The molecule has 0 spiro atoms. The fraction of sp³-hybridized carbons (Fsp3) is 0.941. The molecule has 2 N–H and O–H groups in total. The highest BCUT2D eigenvalue weighted by Gasteiger charge is 2.24. The van der Waals surface area contributed by atoms with Crippen LogP contribution in [0.25, 0.3) is 0 Å². The molecule has 134 valence electrons. The standard InChI is InChI=1S/C9H18N2O2.C8H16N2/c1-9(2,3)13-8(12)11-6-4-10-5-7-11;1-2-8(1)7-10-5-3-9-4-6-10/h10H,4-7H2,1-3H3;8-9H,1-7H2. The Morgan fingerprint density at radius 3 is 2.00 bits per heavy atom. The van der Waals surface area contributed by atoms with Crippen LogP contribution in [0.2, 0.25) is 0 Å².